The standard InChI is InChI=1S/C23H29N3OS/c1-18-12-13-21(19(2)16-18)25-22(27)17-28-23(24-20-10-6-5-7-11-20)26-14-8-3-4-9-15-26/h5-7,10-13,16H,3-4,8-9,14-15,17H2,1-2H3,(H,25,27). The minimum atomic E-state index is 0.00698. The molecule has 0 radical (unpaired) electrons. The highest BCUT2D eigenvalue weighted by Crippen LogP contribution is 2.22. The lowest BCUT2D eigenvalue weighted by atomic mass is 10.1. The second-order valence-electron chi connectivity index (χ2n) is 7.29. The minimum absolute atomic E-state index is 0.00698. The zero-order chi connectivity index (χ0) is 19.8. The Morgan fingerprint density at radius 3 is 2.43 bits per heavy atom. The molecule has 2 aromatic carbocycles. The van der Waals surface area contributed by atoms with E-state index in [0.717, 1.165) is 35.2 Å². The van der Waals surface area contributed by atoms with E-state index in [9.17, 15) is 4.79 Å². The Morgan fingerprint density at radius 2 is 1.75 bits per heavy atom. The summed E-state index contributed by atoms with van der Waals surface area (Å²) >= 11 is 1.53. The summed E-state index contributed by atoms with van der Waals surface area (Å²) in [5, 5.41) is 3.99. The normalized spacial score (nSPS) is 15.2. The van der Waals surface area contributed by atoms with Crippen molar-refractivity contribution in [1.29, 1.82) is 0 Å². The molecule has 0 aromatic heterocycles. The number of nitrogens with zero attached hydrogens (tertiary/aromatic N) is 2. The van der Waals surface area contributed by atoms with Gasteiger partial charge in [-0.05, 0) is 50.5 Å². The van der Waals surface area contributed by atoms with Crippen LogP contribution in [0.4, 0.5) is 11.4 Å². The van der Waals surface area contributed by atoms with E-state index in [1.165, 1.54) is 43.0 Å². The van der Waals surface area contributed by atoms with Gasteiger partial charge in [-0.1, -0.05) is 60.5 Å². The van der Waals surface area contributed by atoms with Crippen LogP contribution in [0.25, 0.3) is 0 Å². The number of thioether (sulfide) groups is 1. The van der Waals surface area contributed by atoms with Crippen LogP contribution < -0.4 is 5.32 Å². The van der Waals surface area contributed by atoms with Crippen molar-refractivity contribution in [3.8, 4) is 0 Å². The predicted molar refractivity (Wildman–Crippen MR) is 121 cm³/mol. The first-order chi connectivity index (χ1) is 13.6. The molecule has 1 fully saturated rings. The summed E-state index contributed by atoms with van der Waals surface area (Å²) in [6.07, 6.45) is 4.91. The lowest BCUT2D eigenvalue weighted by molar-refractivity contribution is -0.113. The van der Waals surface area contributed by atoms with Gasteiger partial charge in [0.05, 0.1) is 11.4 Å². The summed E-state index contributed by atoms with van der Waals surface area (Å²) in [6, 6.07) is 16.1. The molecule has 0 spiro atoms. The minimum Gasteiger partial charge on any atom is -0.351 e. The summed E-state index contributed by atoms with van der Waals surface area (Å²) in [5.74, 6) is 0.364. The number of hydrogen-bond donors (Lipinski definition) is 1. The van der Waals surface area contributed by atoms with Crippen molar-refractivity contribution < 1.29 is 4.79 Å². The van der Waals surface area contributed by atoms with Crippen molar-refractivity contribution in [3.05, 3.63) is 59.7 Å². The van der Waals surface area contributed by atoms with Crippen LogP contribution in [-0.2, 0) is 4.79 Å². The highest BCUT2D eigenvalue weighted by atomic mass is 32.2. The molecule has 1 saturated heterocycles. The average molecular weight is 396 g/mol. The number of hydrogen-bond acceptors (Lipinski definition) is 3. The van der Waals surface area contributed by atoms with Crippen molar-refractivity contribution in [2.24, 2.45) is 4.99 Å². The number of nitrogens with one attached hydrogen (secondary N) is 1. The molecule has 28 heavy (non-hydrogen) atoms. The van der Waals surface area contributed by atoms with Gasteiger partial charge in [0.2, 0.25) is 5.91 Å². The van der Waals surface area contributed by atoms with E-state index >= 15 is 0 Å². The van der Waals surface area contributed by atoms with Gasteiger partial charge < -0.3 is 10.2 Å². The van der Waals surface area contributed by atoms with Crippen LogP contribution in [0.3, 0.4) is 0 Å². The van der Waals surface area contributed by atoms with Crippen LogP contribution in [0.5, 0.6) is 0 Å². The number of aryl methyl sites for hydroxylation is 2. The molecule has 0 aliphatic carbocycles. The number of para-hydroxylation sites is 1. The van der Waals surface area contributed by atoms with E-state index in [2.05, 4.69) is 23.2 Å². The summed E-state index contributed by atoms with van der Waals surface area (Å²) in [6.45, 7) is 6.10. The van der Waals surface area contributed by atoms with Gasteiger partial charge in [0.1, 0.15) is 0 Å². The Labute approximate surface area is 172 Å². The maximum Gasteiger partial charge on any atom is 0.234 e. The number of amides is 1. The topological polar surface area (TPSA) is 44.7 Å². The predicted octanol–water partition coefficient (Wildman–Crippen LogP) is 5.54. The molecule has 1 heterocycles. The van der Waals surface area contributed by atoms with Crippen molar-refractivity contribution in [2.45, 2.75) is 39.5 Å². The molecule has 1 aliphatic heterocycles. The Hall–Kier alpha value is -2.27. The van der Waals surface area contributed by atoms with Gasteiger partial charge in [0.25, 0.3) is 0 Å². The summed E-state index contributed by atoms with van der Waals surface area (Å²) < 4.78 is 0. The summed E-state index contributed by atoms with van der Waals surface area (Å²) in [5.41, 5.74) is 4.10. The van der Waals surface area contributed by atoms with Gasteiger partial charge in [0.15, 0.2) is 5.17 Å². The van der Waals surface area contributed by atoms with E-state index in [1.54, 1.807) is 0 Å². The molecule has 0 saturated carbocycles. The first kappa shape index (κ1) is 20.5. The molecule has 0 unspecified atom stereocenters. The number of likely N-dealkylation sites (tertiary alicyclic amines) is 1. The van der Waals surface area contributed by atoms with Gasteiger partial charge in [-0.3, -0.25) is 4.79 Å². The van der Waals surface area contributed by atoms with Gasteiger partial charge in [0, 0.05) is 18.8 Å². The molecule has 1 N–H and O–H groups in total. The molecule has 1 amide bonds. The van der Waals surface area contributed by atoms with E-state index in [4.69, 9.17) is 4.99 Å². The zero-order valence-electron chi connectivity index (χ0n) is 16.8. The van der Waals surface area contributed by atoms with Crippen LogP contribution in [0, 0.1) is 13.8 Å². The molecule has 0 bridgehead atoms. The maximum atomic E-state index is 12.6. The molecule has 2 aromatic rings. The van der Waals surface area contributed by atoms with Crippen LogP contribution in [0.1, 0.15) is 36.8 Å². The van der Waals surface area contributed by atoms with Gasteiger partial charge in [-0.2, -0.15) is 0 Å². The van der Waals surface area contributed by atoms with Crippen LogP contribution >= 0.6 is 11.8 Å². The Kier molecular flexibility index (Phi) is 7.54. The highest BCUT2D eigenvalue weighted by molar-refractivity contribution is 8.14. The fourth-order valence-corrected chi connectivity index (χ4v) is 4.21. The zero-order valence-corrected chi connectivity index (χ0v) is 17.6. The van der Waals surface area contributed by atoms with E-state index in [-0.39, 0.29) is 5.91 Å². The summed E-state index contributed by atoms with van der Waals surface area (Å²) in [4.78, 5) is 19.8. The number of aliphatic imine (C=N–C) groups is 1. The molecule has 0 atom stereocenters. The fourth-order valence-electron chi connectivity index (χ4n) is 3.34. The molecule has 5 heteroatoms. The Bertz CT molecular complexity index is 812. The largest absolute Gasteiger partial charge is 0.351 e. The molecule has 148 valence electrons. The van der Waals surface area contributed by atoms with Crippen LogP contribution in [0.2, 0.25) is 0 Å². The van der Waals surface area contributed by atoms with E-state index in [1.807, 2.05) is 49.4 Å². The third kappa shape index (κ3) is 6.13. The first-order valence-electron chi connectivity index (χ1n) is 10.0. The van der Waals surface area contributed by atoms with Gasteiger partial charge in [-0.25, -0.2) is 4.99 Å². The second-order valence-corrected chi connectivity index (χ2v) is 8.23. The Balaban J connectivity index is 1.68. The second kappa shape index (κ2) is 10.3. The number of amidine groups is 1. The third-order valence-corrected chi connectivity index (χ3v) is 5.86. The van der Waals surface area contributed by atoms with Crippen molar-refractivity contribution in [3.63, 3.8) is 0 Å². The number of carbonyl (C=O) groups is 1. The lowest BCUT2D eigenvalue weighted by Gasteiger charge is -2.23. The van der Waals surface area contributed by atoms with Gasteiger partial charge in [-0.15, -0.1) is 0 Å². The van der Waals surface area contributed by atoms with E-state index in [0.29, 0.717) is 5.75 Å². The molecular weight excluding hydrogens is 366 g/mol. The van der Waals surface area contributed by atoms with Crippen molar-refractivity contribution >= 4 is 34.2 Å². The number of carbonyl (C=O) groups excluding carboxylic acids is 1. The third-order valence-electron chi connectivity index (χ3n) is 4.85. The smallest absolute Gasteiger partial charge is 0.234 e. The maximum absolute atomic E-state index is 12.6. The SMILES string of the molecule is Cc1ccc(NC(=O)CSC(=Nc2ccccc2)N2CCCCCC2)c(C)c1. The summed E-state index contributed by atoms with van der Waals surface area (Å²) in [7, 11) is 0. The number of benzene rings is 2. The number of rotatable bonds is 4. The Morgan fingerprint density at radius 1 is 1.04 bits per heavy atom. The molecule has 1 aliphatic rings. The van der Waals surface area contributed by atoms with E-state index < -0.39 is 0 Å². The molecular formula is C23H29N3OS. The average Bonchev–Trinajstić information content (AvgIpc) is 2.97. The van der Waals surface area contributed by atoms with Crippen molar-refractivity contribution in [1.82, 2.24) is 4.90 Å². The quantitative estimate of drug-likeness (QED) is 0.546. The van der Waals surface area contributed by atoms with Crippen molar-refractivity contribution in [2.75, 3.05) is 24.2 Å². The van der Waals surface area contributed by atoms with Crippen LogP contribution in [-0.4, -0.2) is 34.8 Å². The van der Waals surface area contributed by atoms with Gasteiger partial charge >= 0.3 is 0 Å². The molecule has 4 nitrogen and oxygen atoms in total. The molecule has 3 rings (SSSR count). The number of anilines is 1. The monoisotopic (exact) mass is 395 g/mol. The highest BCUT2D eigenvalue weighted by Gasteiger charge is 2.16. The lowest BCUT2D eigenvalue weighted by Crippen LogP contribution is -2.31. The fraction of sp³-hybridized carbons (Fsp3) is 0.391. The first-order valence-corrected chi connectivity index (χ1v) is 11.0. The van der Waals surface area contributed by atoms with Crippen LogP contribution in [0.15, 0.2) is 53.5 Å².